The number of carbonyl (C=O) groups is 1. The van der Waals surface area contributed by atoms with Crippen molar-refractivity contribution < 1.29 is 9.53 Å². The zero-order valence-electron chi connectivity index (χ0n) is 11.1. The van der Waals surface area contributed by atoms with Crippen molar-refractivity contribution in [1.82, 2.24) is 4.57 Å². The van der Waals surface area contributed by atoms with Gasteiger partial charge in [-0.05, 0) is 18.6 Å². The molecule has 1 aromatic heterocycles. The third-order valence-electron chi connectivity index (χ3n) is 3.16. The average Bonchev–Trinajstić information content (AvgIpc) is 2.76. The van der Waals surface area contributed by atoms with Gasteiger partial charge in [0.1, 0.15) is 6.04 Å². The number of nitrogens with two attached hydrogens (primary N) is 1. The molecule has 0 saturated heterocycles. The number of benzene rings is 1. The molecule has 1 aromatic carbocycles. The van der Waals surface area contributed by atoms with Crippen molar-refractivity contribution in [2.24, 2.45) is 5.73 Å². The number of hydrogen-bond acceptors (Lipinski definition) is 3. The van der Waals surface area contributed by atoms with E-state index in [1.807, 2.05) is 12.1 Å². The first-order valence-electron chi connectivity index (χ1n) is 6.07. The molecular formula is C14H19ClN2O2. The summed E-state index contributed by atoms with van der Waals surface area (Å²) in [7, 11) is 1.36. The second kappa shape index (κ2) is 6.59. The minimum absolute atomic E-state index is 0. The first-order chi connectivity index (χ1) is 8.67. The van der Waals surface area contributed by atoms with Crippen LogP contribution >= 0.6 is 12.4 Å². The Bertz CT molecular complexity index is 566. The number of fused-ring (bicyclic) bond motifs is 1. The molecular weight excluding hydrogens is 264 g/mol. The third-order valence-corrected chi connectivity index (χ3v) is 3.16. The minimum atomic E-state index is -0.605. The molecule has 0 bridgehead atoms. The normalized spacial score (nSPS) is 11.9. The number of carbonyl (C=O) groups excluding carboxylic acids is 1. The van der Waals surface area contributed by atoms with E-state index in [2.05, 4.69) is 34.6 Å². The number of esters is 1. The summed E-state index contributed by atoms with van der Waals surface area (Å²) >= 11 is 0. The maximum absolute atomic E-state index is 11.4. The van der Waals surface area contributed by atoms with E-state index < -0.39 is 6.04 Å². The van der Waals surface area contributed by atoms with Gasteiger partial charge < -0.3 is 15.0 Å². The number of hydrogen-bond donors (Lipinski definition) is 1. The van der Waals surface area contributed by atoms with Crippen LogP contribution in [0.2, 0.25) is 0 Å². The predicted molar refractivity (Wildman–Crippen MR) is 78.6 cm³/mol. The zero-order chi connectivity index (χ0) is 13.1. The Balaban J connectivity index is 0.00000180. The van der Waals surface area contributed by atoms with Crippen LogP contribution in [0.3, 0.4) is 0 Å². The van der Waals surface area contributed by atoms with Gasteiger partial charge in [-0.3, -0.25) is 4.79 Å². The van der Waals surface area contributed by atoms with Crippen LogP contribution in [0.5, 0.6) is 0 Å². The molecule has 4 nitrogen and oxygen atoms in total. The maximum Gasteiger partial charge on any atom is 0.322 e. The molecule has 1 heterocycles. The highest BCUT2D eigenvalue weighted by Gasteiger charge is 2.17. The molecule has 1 unspecified atom stereocenters. The molecule has 0 amide bonds. The maximum atomic E-state index is 11.4. The third kappa shape index (κ3) is 3.08. The van der Waals surface area contributed by atoms with Gasteiger partial charge in [-0.2, -0.15) is 0 Å². The van der Waals surface area contributed by atoms with Gasteiger partial charge in [-0.1, -0.05) is 18.2 Å². The summed E-state index contributed by atoms with van der Waals surface area (Å²) in [6.45, 7) is 2.99. The lowest BCUT2D eigenvalue weighted by Gasteiger charge is -2.07. The van der Waals surface area contributed by atoms with Crippen LogP contribution in [0.4, 0.5) is 0 Å². The van der Waals surface area contributed by atoms with Gasteiger partial charge in [0.15, 0.2) is 0 Å². The fourth-order valence-corrected chi connectivity index (χ4v) is 2.22. The molecule has 0 aliphatic heterocycles. The van der Waals surface area contributed by atoms with Crippen LogP contribution in [0, 0.1) is 0 Å². The highest BCUT2D eigenvalue weighted by molar-refractivity contribution is 5.85. The molecule has 19 heavy (non-hydrogen) atoms. The Morgan fingerprint density at radius 3 is 2.74 bits per heavy atom. The number of aryl methyl sites for hydroxylation is 1. The van der Waals surface area contributed by atoms with Gasteiger partial charge in [-0.25, -0.2) is 0 Å². The summed E-state index contributed by atoms with van der Waals surface area (Å²) < 4.78 is 6.82. The Kier molecular flexibility index (Phi) is 5.39. The Morgan fingerprint density at radius 1 is 1.42 bits per heavy atom. The molecule has 2 rings (SSSR count). The van der Waals surface area contributed by atoms with Crippen molar-refractivity contribution in [3.8, 4) is 0 Å². The highest BCUT2D eigenvalue weighted by Crippen LogP contribution is 2.22. The van der Waals surface area contributed by atoms with E-state index in [0.717, 1.165) is 17.5 Å². The number of aromatic nitrogens is 1. The van der Waals surface area contributed by atoms with Crippen LogP contribution in [0.1, 0.15) is 12.5 Å². The number of ether oxygens (including phenoxy) is 1. The summed E-state index contributed by atoms with van der Waals surface area (Å²) in [5.74, 6) is -0.372. The molecule has 0 aliphatic carbocycles. The van der Waals surface area contributed by atoms with E-state index in [9.17, 15) is 4.79 Å². The second-order valence-corrected chi connectivity index (χ2v) is 4.29. The summed E-state index contributed by atoms with van der Waals surface area (Å²) in [6.07, 6.45) is 2.56. The second-order valence-electron chi connectivity index (χ2n) is 4.29. The number of nitrogens with zero attached hydrogens (tertiary/aromatic N) is 1. The topological polar surface area (TPSA) is 57.2 Å². The lowest BCUT2D eigenvalue weighted by molar-refractivity contribution is -0.142. The van der Waals surface area contributed by atoms with Gasteiger partial charge in [-0.15, -0.1) is 12.4 Å². The fraction of sp³-hybridized carbons (Fsp3) is 0.357. The number of halogens is 1. The SMILES string of the molecule is CCn1cc(CC(N)C(=O)OC)c2ccccc21.Cl. The molecule has 0 saturated carbocycles. The largest absolute Gasteiger partial charge is 0.468 e. The van der Waals surface area contributed by atoms with Crippen molar-refractivity contribution in [3.05, 3.63) is 36.0 Å². The average molecular weight is 283 g/mol. The molecule has 0 fully saturated rings. The molecule has 0 aliphatic rings. The van der Waals surface area contributed by atoms with Gasteiger partial charge in [0.2, 0.25) is 0 Å². The van der Waals surface area contributed by atoms with Crippen LogP contribution in [-0.4, -0.2) is 23.7 Å². The van der Waals surface area contributed by atoms with Crippen LogP contribution in [-0.2, 0) is 22.5 Å². The monoisotopic (exact) mass is 282 g/mol. The van der Waals surface area contributed by atoms with Crippen LogP contribution < -0.4 is 5.73 Å². The van der Waals surface area contributed by atoms with Crippen molar-refractivity contribution in [2.75, 3.05) is 7.11 Å². The fourth-order valence-electron chi connectivity index (χ4n) is 2.22. The molecule has 2 aromatic rings. The van der Waals surface area contributed by atoms with Crippen molar-refractivity contribution >= 4 is 29.3 Å². The molecule has 5 heteroatoms. The van der Waals surface area contributed by atoms with Crippen LogP contribution in [0.15, 0.2) is 30.5 Å². The Hall–Kier alpha value is -1.52. The quantitative estimate of drug-likeness (QED) is 0.874. The van der Waals surface area contributed by atoms with E-state index in [-0.39, 0.29) is 18.4 Å². The molecule has 104 valence electrons. The van der Waals surface area contributed by atoms with E-state index in [0.29, 0.717) is 6.42 Å². The number of rotatable bonds is 4. The van der Waals surface area contributed by atoms with Gasteiger partial charge in [0.05, 0.1) is 7.11 Å². The van der Waals surface area contributed by atoms with Gasteiger partial charge in [0, 0.05) is 30.1 Å². The van der Waals surface area contributed by atoms with Crippen molar-refractivity contribution in [2.45, 2.75) is 25.9 Å². The molecule has 1 atom stereocenters. The van der Waals surface area contributed by atoms with Crippen LogP contribution in [0.25, 0.3) is 10.9 Å². The summed E-state index contributed by atoms with van der Waals surface area (Å²) in [5, 5.41) is 1.15. The number of para-hydroxylation sites is 1. The zero-order valence-corrected chi connectivity index (χ0v) is 11.9. The number of methoxy groups -OCH3 is 1. The predicted octanol–water partition coefficient (Wildman–Crippen LogP) is 2.13. The minimum Gasteiger partial charge on any atom is -0.468 e. The smallest absolute Gasteiger partial charge is 0.322 e. The van der Waals surface area contributed by atoms with E-state index in [4.69, 9.17) is 5.73 Å². The van der Waals surface area contributed by atoms with Gasteiger partial charge >= 0.3 is 5.97 Å². The van der Waals surface area contributed by atoms with E-state index >= 15 is 0 Å². The molecule has 2 N–H and O–H groups in total. The molecule has 0 spiro atoms. The lowest BCUT2D eigenvalue weighted by atomic mass is 10.1. The van der Waals surface area contributed by atoms with Crippen molar-refractivity contribution in [1.29, 1.82) is 0 Å². The Labute approximate surface area is 118 Å². The molecule has 0 radical (unpaired) electrons. The van der Waals surface area contributed by atoms with E-state index in [1.54, 1.807) is 0 Å². The van der Waals surface area contributed by atoms with Crippen molar-refractivity contribution in [3.63, 3.8) is 0 Å². The lowest BCUT2D eigenvalue weighted by Crippen LogP contribution is -2.33. The Morgan fingerprint density at radius 2 is 2.11 bits per heavy atom. The highest BCUT2D eigenvalue weighted by atomic mass is 35.5. The van der Waals surface area contributed by atoms with Gasteiger partial charge in [0.25, 0.3) is 0 Å². The first-order valence-corrected chi connectivity index (χ1v) is 6.07. The summed E-state index contributed by atoms with van der Waals surface area (Å²) in [5.41, 5.74) is 8.08. The summed E-state index contributed by atoms with van der Waals surface area (Å²) in [4.78, 5) is 11.4. The first kappa shape index (κ1) is 15.5. The standard InChI is InChI=1S/C14H18N2O2.ClH/c1-3-16-9-10(8-12(15)14(17)18-2)11-6-4-5-7-13(11)16;/h4-7,9,12H,3,8,15H2,1-2H3;1H. The van der Waals surface area contributed by atoms with E-state index in [1.165, 1.54) is 12.6 Å². The summed E-state index contributed by atoms with van der Waals surface area (Å²) in [6, 6.07) is 7.53.